The zero-order valence-corrected chi connectivity index (χ0v) is 12.3. The first-order valence-corrected chi connectivity index (χ1v) is 7.95. The van der Waals surface area contributed by atoms with Crippen molar-refractivity contribution in [3.05, 3.63) is 59.0 Å². The summed E-state index contributed by atoms with van der Waals surface area (Å²) in [6, 6.07) is 11.4. The molecular weight excluding hydrogens is 275 g/mol. The fraction of sp³-hybridized carbons (Fsp3) is 0.263. The molecule has 0 saturated heterocycles. The minimum Gasteiger partial charge on any atom is -0.344 e. The second kappa shape index (κ2) is 4.43. The Bertz CT molecular complexity index is 907. The van der Waals surface area contributed by atoms with Crippen molar-refractivity contribution in [1.82, 2.24) is 9.88 Å². The number of fused-ring (bicyclic) bond motifs is 3. The molecule has 1 N–H and O–H groups in total. The molecule has 1 aromatic heterocycles. The molecule has 2 aliphatic rings. The maximum Gasteiger partial charge on any atom is 0.123 e. The molecule has 0 spiro atoms. The molecule has 0 atom stereocenters. The Morgan fingerprint density at radius 2 is 2.00 bits per heavy atom. The van der Waals surface area contributed by atoms with Crippen LogP contribution in [0.1, 0.15) is 16.8 Å². The van der Waals surface area contributed by atoms with Crippen LogP contribution in [-0.2, 0) is 25.9 Å². The van der Waals surface area contributed by atoms with Crippen molar-refractivity contribution < 1.29 is 4.39 Å². The number of nitrogens with one attached hydrogen (secondary N) is 1. The fourth-order valence-corrected chi connectivity index (χ4v) is 4.10. The van der Waals surface area contributed by atoms with Gasteiger partial charge in [-0.1, -0.05) is 12.1 Å². The van der Waals surface area contributed by atoms with Gasteiger partial charge in [0.05, 0.1) is 5.52 Å². The standard InChI is InChI=1S/C19H17FN2/c20-15-3-1-2-12(9-15)14-8-13-5-7-22-18-4-6-21-11-17(18)16(10-14)19(13)22/h1-3,8-10,21H,4-7,11H2. The fourth-order valence-electron chi connectivity index (χ4n) is 4.10. The van der Waals surface area contributed by atoms with Crippen LogP contribution in [0.2, 0.25) is 0 Å². The molecule has 0 unspecified atom stereocenters. The average molecular weight is 292 g/mol. The van der Waals surface area contributed by atoms with Crippen LogP contribution in [0.15, 0.2) is 36.4 Å². The third-order valence-electron chi connectivity index (χ3n) is 5.06. The predicted octanol–water partition coefficient (Wildman–Crippen LogP) is 3.65. The Labute approximate surface area is 128 Å². The van der Waals surface area contributed by atoms with Gasteiger partial charge < -0.3 is 9.88 Å². The summed E-state index contributed by atoms with van der Waals surface area (Å²) in [4.78, 5) is 0. The van der Waals surface area contributed by atoms with Gasteiger partial charge in [0.15, 0.2) is 0 Å². The van der Waals surface area contributed by atoms with Gasteiger partial charge in [-0.2, -0.15) is 0 Å². The average Bonchev–Trinajstić information content (AvgIpc) is 3.11. The molecular formula is C19H17FN2. The molecule has 2 nitrogen and oxygen atoms in total. The molecule has 2 aliphatic heterocycles. The van der Waals surface area contributed by atoms with Crippen LogP contribution < -0.4 is 5.32 Å². The molecule has 3 heteroatoms. The molecule has 22 heavy (non-hydrogen) atoms. The Balaban J connectivity index is 1.80. The predicted molar refractivity (Wildman–Crippen MR) is 86.4 cm³/mol. The molecule has 0 fully saturated rings. The van der Waals surface area contributed by atoms with Crippen LogP contribution in [0.5, 0.6) is 0 Å². The Morgan fingerprint density at radius 1 is 1.05 bits per heavy atom. The quantitative estimate of drug-likeness (QED) is 0.724. The summed E-state index contributed by atoms with van der Waals surface area (Å²) in [6.45, 7) is 3.11. The van der Waals surface area contributed by atoms with E-state index in [-0.39, 0.29) is 5.82 Å². The van der Waals surface area contributed by atoms with E-state index in [1.807, 2.05) is 6.07 Å². The lowest BCUT2D eigenvalue weighted by atomic mass is 9.97. The summed E-state index contributed by atoms with van der Waals surface area (Å²) in [5.74, 6) is -0.171. The van der Waals surface area contributed by atoms with Crippen molar-refractivity contribution in [1.29, 1.82) is 0 Å². The third kappa shape index (κ3) is 1.63. The Morgan fingerprint density at radius 3 is 2.91 bits per heavy atom. The van der Waals surface area contributed by atoms with Gasteiger partial charge in [-0.15, -0.1) is 0 Å². The highest BCUT2D eigenvalue weighted by molar-refractivity contribution is 5.93. The molecule has 0 saturated carbocycles. The number of hydrogen-bond donors (Lipinski definition) is 1. The zero-order valence-electron chi connectivity index (χ0n) is 12.3. The first kappa shape index (κ1) is 12.4. The normalized spacial score (nSPS) is 16.2. The minimum absolute atomic E-state index is 0.171. The van der Waals surface area contributed by atoms with Gasteiger partial charge in [0.25, 0.3) is 0 Å². The van der Waals surface area contributed by atoms with Gasteiger partial charge in [0.1, 0.15) is 5.82 Å². The van der Waals surface area contributed by atoms with Crippen molar-refractivity contribution in [2.75, 3.05) is 6.54 Å². The Hall–Kier alpha value is -2.13. The maximum absolute atomic E-state index is 13.6. The molecule has 0 amide bonds. The minimum atomic E-state index is -0.171. The summed E-state index contributed by atoms with van der Waals surface area (Å²) < 4.78 is 16.1. The van der Waals surface area contributed by atoms with E-state index in [1.165, 1.54) is 33.8 Å². The summed E-state index contributed by atoms with van der Waals surface area (Å²) in [5, 5.41) is 4.84. The smallest absolute Gasteiger partial charge is 0.123 e. The van der Waals surface area contributed by atoms with Gasteiger partial charge in [-0.25, -0.2) is 4.39 Å². The largest absolute Gasteiger partial charge is 0.344 e. The molecule has 3 heterocycles. The molecule has 5 rings (SSSR count). The van der Waals surface area contributed by atoms with Crippen molar-refractivity contribution in [2.24, 2.45) is 0 Å². The molecule has 0 bridgehead atoms. The second-order valence-electron chi connectivity index (χ2n) is 6.30. The summed E-state index contributed by atoms with van der Waals surface area (Å²) in [5.41, 5.74) is 7.87. The van der Waals surface area contributed by atoms with Gasteiger partial charge >= 0.3 is 0 Å². The number of aromatic nitrogens is 1. The van der Waals surface area contributed by atoms with Crippen LogP contribution in [0.25, 0.3) is 22.0 Å². The number of aryl methyl sites for hydroxylation is 2. The number of hydrogen-bond acceptors (Lipinski definition) is 1. The highest BCUT2D eigenvalue weighted by Crippen LogP contribution is 2.38. The van der Waals surface area contributed by atoms with Gasteiger partial charge in [0, 0.05) is 37.1 Å². The van der Waals surface area contributed by atoms with E-state index in [0.29, 0.717) is 0 Å². The van der Waals surface area contributed by atoms with E-state index < -0.39 is 0 Å². The summed E-state index contributed by atoms with van der Waals surface area (Å²) >= 11 is 0. The summed E-state index contributed by atoms with van der Waals surface area (Å²) in [7, 11) is 0. The first-order chi connectivity index (χ1) is 10.8. The number of rotatable bonds is 1. The Kier molecular flexibility index (Phi) is 2.50. The third-order valence-corrected chi connectivity index (χ3v) is 5.06. The lowest BCUT2D eigenvalue weighted by Crippen LogP contribution is -2.24. The number of benzene rings is 2. The van der Waals surface area contributed by atoms with Crippen molar-refractivity contribution in [3.63, 3.8) is 0 Å². The van der Waals surface area contributed by atoms with Crippen LogP contribution in [0, 0.1) is 5.82 Å². The highest BCUT2D eigenvalue weighted by atomic mass is 19.1. The topological polar surface area (TPSA) is 17.0 Å². The van der Waals surface area contributed by atoms with E-state index in [1.54, 1.807) is 12.1 Å². The van der Waals surface area contributed by atoms with Crippen LogP contribution in [0.3, 0.4) is 0 Å². The monoisotopic (exact) mass is 292 g/mol. The molecule has 2 aromatic carbocycles. The lowest BCUT2D eigenvalue weighted by Gasteiger charge is -2.16. The van der Waals surface area contributed by atoms with Crippen LogP contribution in [-0.4, -0.2) is 11.1 Å². The first-order valence-electron chi connectivity index (χ1n) is 7.95. The van der Waals surface area contributed by atoms with Crippen molar-refractivity contribution in [3.8, 4) is 11.1 Å². The van der Waals surface area contributed by atoms with E-state index in [4.69, 9.17) is 0 Å². The number of nitrogens with zero attached hydrogens (tertiary/aromatic N) is 1. The molecule has 0 radical (unpaired) electrons. The number of halogens is 1. The lowest BCUT2D eigenvalue weighted by molar-refractivity contribution is 0.604. The van der Waals surface area contributed by atoms with Crippen LogP contribution >= 0.6 is 0 Å². The molecule has 0 aliphatic carbocycles. The summed E-state index contributed by atoms with van der Waals surface area (Å²) in [6.07, 6.45) is 2.20. The molecule has 3 aromatic rings. The van der Waals surface area contributed by atoms with E-state index in [2.05, 4.69) is 22.0 Å². The van der Waals surface area contributed by atoms with E-state index in [9.17, 15) is 4.39 Å². The van der Waals surface area contributed by atoms with Gasteiger partial charge in [-0.05, 0) is 52.9 Å². The maximum atomic E-state index is 13.6. The zero-order chi connectivity index (χ0) is 14.7. The van der Waals surface area contributed by atoms with E-state index in [0.717, 1.165) is 43.6 Å². The molecule has 110 valence electrons. The van der Waals surface area contributed by atoms with Crippen molar-refractivity contribution in [2.45, 2.75) is 25.9 Å². The van der Waals surface area contributed by atoms with Crippen LogP contribution in [0.4, 0.5) is 4.39 Å². The SMILES string of the molecule is Fc1cccc(-c2cc3c4c(c2)c2c(n4CC3)CCNC2)c1. The van der Waals surface area contributed by atoms with Gasteiger partial charge in [-0.3, -0.25) is 0 Å². The highest BCUT2D eigenvalue weighted by Gasteiger charge is 2.25. The van der Waals surface area contributed by atoms with Crippen molar-refractivity contribution >= 4 is 10.9 Å². The van der Waals surface area contributed by atoms with E-state index >= 15 is 0 Å². The van der Waals surface area contributed by atoms with Gasteiger partial charge in [0.2, 0.25) is 0 Å². The second-order valence-corrected chi connectivity index (χ2v) is 6.30.